The van der Waals surface area contributed by atoms with E-state index >= 15 is 0 Å². The summed E-state index contributed by atoms with van der Waals surface area (Å²) in [6.45, 7) is 8.21. The minimum Gasteiger partial charge on any atom is -0.455 e. The van der Waals surface area contributed by atoms with Crippen molar-refractivity contribution >= 4 is 5.91 Å². The number of rotatable bonds is 10. The summed E-state index contributed by atoms with van der Waals surface area (Å²) in [5, 5.41) is 3.01. The number of hydrogen-bond acceptors (Lipinski definition) is 4. The third-order valence-electron chi connectivity index (χ3n) is 6.20. The molecular weight excluding hydrogens is 410 g/mol. The molecule has 1 amide bonds. The number of hydrogen-bond donors (Lipinski definition) is 1. The van der Waals surface area contributed by atoms with Gasteiger partial charge in [-0.1, -0.05) is 66.6 Å². The first kappa shape index (κ1) is 23.3. The van der Waals surface area contributed by atoms with E-state index in [1.807, 2.05) is 12.1 Å². The van der Waals surface area contributed by atoms with Gasteiger partial charge in [-0.15, -0.1) is 0 Å². The van der Waals surface area contributed by atoms with Gasteiger partial charge in [-0.05, 0) is 56.1 Å². The molecule has 1 N–H and O–H groups in total. The summed E-state index contributed by atoms with van der Waals surface area (Å²) in [4.78, 5) is 17.3. The fraction of sp³-hybridized carbons (Fsp3) is 0.393. The van der Waals surface area contributed by atoms with Crippen molar-refractivity contribution in [1.82, 2.24) is 15.1 Å². The van der Waals surface area contributed by atoms with Crippen LogP contribution in [0.25, 0.3) is 0 Å². The number of carbonyl (C=O) groups excluding carboxylic acids is 1. The molecule has 1 saturated heterocycles. The lowest BCUT2D eigenvalue weighted by Gasteiger charge is -2.26. The van der Waals surface area contributed by atoms with Gasteiger partial charge in [-0.25, -0.2) is 0 Å². The Morgan fingerprint density at radius 3 is 2.30 bits per heavy atom. The molecule has 2 aromatic carbocycles. The number of piperidine rings is 1. The maximum absolute atomic E-state index is 12.6. The normalized spacial score (nSPS) is 14.5. The van der Waals surface area contributed by atoms with Crippen LogP contribution in [0.5, 0.6) is 0 Å². The molecule has 1 fully saturated rings. The summed E-state index contributed by atoms with van der Waals surface area (Å²) < 4.78 is 5.95. The van der Waals surface area contributed by atoms with E-state index in [9.17, 15) is 4.79 Å². The Bertz CT molecular complexity index is 991. The number of carbonyl (C=O) groups is 1. The van der Waals surface area contributed by atoms with Gasteiger partial charge in [0, 0.05) is 26.2 Å². The van der Waals surface area contributed by atoms with E-state index in [0.717, 1.165) is 38.5 Å². The minimum absolute atomic E-state index is 0.133. The molecule has 5 nitrogen and oxygen atoms in total. The topological polar surface area (TPSA) is 48.7 Å². The van der Waals surface area contributed by atoms with Crippen molar-refractivity contribution in [2.45, 2.75) is 45.8 Å². The predicted molar refractivity (Wildman–Crippen MR) is 132 cm³/mol. The van der Waals surface area contributed by atoms with Crippen LogP contribution in [0.3, 0.4) is 0 Å². The zero-order chi connectivity index (χ0) is 22.9. The molecule has 4 rings (SSSR count). The van der Waals surface area contributed by atoms with Crippen LogP contribution in [0.15, 0.2) is 71.1 Å². The van der Waals surface area contributed by atoms with Crippen LogP contribution in [0.2, 0.25) is 0 Å². The fourth-order valence-corrected chi connectivity index (χ4v) is 4.36. The van der Waals surface area contributed by atoms with Crippen LogP contribution in [0, 0.1) is 6.92 Å². The number of nitrogens with zero attached hydrogens (tertiary/aromatic N) is 2. The molecular formula is C28H35N3O2. The first-order chi connectivity index (χ1) is 16.2. The zero-order valence-corrected chi connectivity index (χ0v) is 19.6. The van der Waals surface area contributed by atoms with E-state index in [1.54, 1.807) is 6.07 Å². The summed E-state index contributed by atoms with van der Waals surface area (Å²) in [6.07, 6.45) is 3.85. The van der Waals surface area contributed by atoms with Crippen LogP contribution in [0.1, 0.15) is 52.3 Å². The lowest BCUT2D eigenvalue weighted by molar-refractivity contribution is 0.0914. The molecule has 0 saturated carbocycles. The van der Waals surface area contributed by atoms with E-state index in [1.165, 1.54) is 36.0 Å². The molecule has 0 atom stereocenters. The highest BCUT2D eigenvalue weighted by atomic mass is 16.4. The number of amides is 1. The smallest absolute Gasteiger partial charge is 0.287 e. The maximum Gasteiger partial charge on any atom is 0.287 e. The van der Waals surface area contributed by atoms with Gasteiger partial charge in [0.25, 0.3) is 5.91 Å². The third-order valence-corrected chi connectivity index (χ3v) is 6.20. The molecule has 1 aromatic heterocycles. The largest absolute Gasteiger partial charge is 0.455 e. The fourth-order valence-electron chi connectivity index (χ4n) is 4.36. The molecule has 174 valence electrons. The van der Waals surface area contributed by atoms with E-state index in [-0.39, 0.29) is 5.91 Å². The molecule has 0 radical (unpaired) electrons. The van der Waals surface area contributed by atoms with Crippen molar-refractivity contribution in [2.75, 3.05) is 26.2 Å². The Balaban J connectivity index is 1.35. The second-order valence-corrected chi connectivity index (χ2v) is 9.04. The van der Waals surface area contributed by atoms with Gasteiger partial charge in [0.2, 0.25) is 0 Å². The average Bonchev–Trinajstić information content (AvgIpc) is 3.30. The minimum atomic E-state index is -0.133. The molecule has 3 aromatic rings. The van der Waals surface area contributed by atoms with Crippen LogP contribution >= 0.6 is 0 Å². The molecule has 5 heteroatoms. The number of aryl methyl sites for hydroxylation is 1. The zero-order valence-electron chi connectivity index (χ0n) is 19.6. The molecule has 1 aliphatic heterocycles. The molecule has 0 unspecified atom stereocenters. The van der Waals surface area contributed by atoms with Crippen LogP contribution in [-0.4, -0.2) is 41.9 Å². The second-order valence-electron chi connectivity index (χ2n) is 9.04. The molecule has 0 bridgehead atoms. The highest BCUT2D eigenvalue weighted by Crippen LogP contribution is 2.17. The number of benzene rings is 2. The Hall–Kier alpha value is -2.89. The first-order valence-electron chi connectivity index (χ1n) is 12.1. The van der Waals surface area contributed by atoms with Crippen molar-refractivity contribution < 1.29 is 9.21 Å². The average molecular weight is 446 g/mol. The lowest BCUT2D eigenvalue weighted by atomic mass is 10.1. The van der Waals surface area contributed by atoms with Crippen LogP contribution in [-0.2, 0) is 19.6 Å². The van der Waals surface area contributed by atoms with E-state index < -0.39 is 0 Å². The van der Waals surface area contributed by atoms with E-state index in [0.29, 0.717) is 18.8 Å². The highest BCUT2D eigenvalue weighted by Gasteiger charge is 2.15. The monoisotopic (exact) mass is 445 g/mol. The van der Waals surface area contributed by atoms with Gasteiger partial charge < -0.3 is 14.6 Å². The van der Waals surface area contributed by atoms with Crippen molar-refractivity contribution in [1.29, 1.82) is 0 Å². The Labute approximate surface area is 197 Å². The van der Waals surface area contributed by atoms with Gasteiger partial charge in [-0.2, -0.15) is 0 Å². The van der Waals surface area contributed by atoms with Crippen molar-refractivity contribution in [2.24, 2.45) is 0 Å². The quantitative estimate of drug-likeness (QED) is 0.477. The van der Waals surface area contributed by atoms with Crippen LogP contribution in [0.4, 0.5) is 0 Å². The van der Waals surface area contributed by atoms with Crippen molar-refractivity contribution in [3.63, 3.8) is 0 Å². The number of nitrogens with one attached hydrogen (secondary N) is 1. The molecule has 2 heterocycles. The summed E-state index contributed by atoms with van der Waals surface area (Å²) in [5.41, 5.74) is 3.78. The Kier molecular flexibility index (Phi) is 8.34. The Morgan fingerprint density at radius 2 is 1.58 bits per heavy atom. The van der Waals surface area contributed by atoms with Crippen molar-refractivity contribution in [3.8, 4) is 0 Å². The van der Waals surface area contributed by atoms with Crippen molar-refractivity contribution in [3.05, 3.63) is 94.9 Å². The van der Waals surface area contributed by atoms with Gasteiger partial charge in [-0.3, -0.25) is 9.69 Å². The first-order valence-corrected chi connectivity index (χ1v) is 12.1. The Morgan fingerprint density at radius 1 is 0.879 bits per heavy atom. The SMILES string of the molecule is Cc1ccc(CN(Cc2ccccc2)Cc2ccc(C(=O)NCCN3CCCCC3)o2)cc1. The van der Waals surface area contributed by atoms with E-state index in [2.05, 4.69) is 70.6 Å². The van der Waals surface area contributed by atoms with Crippen LogP contribution < -0.4 is 5.32 Å². The third kappa shape index (κ3) is 7.31. The second kappa shape index (κ2) is 11.8. The highest BCUT2D eigenvalue weighted by molar-refractivity contribution is 5.91. The molecule has 1 aliphatic rings. The number of likely N-dealkylation sites (tertiary alicyclic amines) is 1. The van der Waals surface area contributed by atoms with Gasteiger partial charge in [0.15, 0.2) is 5.76 Å². The van der Waals surface area contributed by atoms with E-state index in [4.69, 9.17) is 4.42 Å². The summed E-state index contributed by atoms with van der Waals surface area (Å²) in [7, 11) is 0. The standard InChI is InChI=1S/C28H35N3O2/c1-23-10-12-25(13-11-23)21-31(20-24-8-4-2-5-9-24)22-26-14-15-27(33-26)28(32)29-16-19-30-17-6-3-7-18-30/h2,4-5,8-15H,3,6-7,16-22H2,1H3,(H,29,32). The van der Waals surface area contributed by atoms with Gasteiger partial charge in [0.1, 0.15) is 5.76 Å². The molecule has 33 heavy (non-hydrogen) atoms. The lowest BCUT2D eigenvalue weighted by Crippen LogP contribution is -2.37. The summed E-state index contributed by atoms with van der Waals surface area (Å²) in [6, 6.07) is 22.8. The predicted octanol–water partition coefficient (Wildman–Crippen LogP) is 5.01. The molecule has 0 aliphatic carbocycles. The molecule has 0 spiro atoms. The summed E-state index contributed by atoms with van der Waals surface area (Å²) >= 11 is 0. The number of furan rings is 1. The maximum atomic E-state index is 12.6. The van der Waals surface area contributed by atoms with Gasteiger partial charge in [0.05, 0.1) is 6.54 Å². The van der Waals surface area contributed by atoms with Gasteiger partial charge >= 0.3 is 0 Å². The summed E-state index contributed by atoms with van der Waals surface area (Å²) in [5.74, 6) is 1.06.